The first kappa shape index (κ1) is 12.7. The Morgan fingerprint density at radius 3 is 2.65 bits per heavy atom. The maximum Gasteiger partial charge on any atom is 0.268 e. The van der Waals surface area contributed by atoms with Crippen molar-refractivity contribution in [3.05, 3.63) is 59.5 Å². The van der Waals surface area contributed by atoms with Crippen molar-refractivity contribution in [1.29, 1.82) is 0 Å². The predicted octanol–water partition coefficient (Wildman–Crippen LogP) is 3.88. The lowest BCUT2D eigenvalue weighted by molar-refractivity contribution is 0.0997. The Labute approximate surface area is 120 Å². The Morgan fingerprint density at radius 2 is 1.90 bits per heavy atom. The van der Waals surface area contributed by atoms with Crippen LogP contribution in [0.25, 0.3) is 10.1 Å². The molecule has 20 heavy (non-hydrogen) atoms. The highest BCUT2D eigenvalue weighted by atomic mass is 32.1. The van der Waals surface area contributed by atoms with Crippen LogP contribution in [0, 0.1) is 0 Å². The molecule has 0 unspecified atom stereocenters. The molecule has 0 saturated carbocycles. The Hall–Kier alpha value is -2.33. The van der Waals surface area contributed by atoms with Gasteiger partial charge < -0.3 is 10.0 Å². The minimum absolute atomic E-state index is 0.0724. The zero-order valence-corrected chi connectivity index (χ0v) is 11.7. The van der Waals surface area contributed by atoms with Crippen LogP contribution in [-0.2, 0) is 0 Å². The Bertz CT molecular complexity index is 746. The van der Waals surface area contributed by atoms with Gasteiger partial charge in [-0.05, 0) is 29.7 Å². The Balaban J connectivity index is 1.95. The van der Waals surface area contributed by atoms with Crippen molar-refractivity contribution >= 4 is 33.0 Å². The quantitative estimate of drug-likeness (QED) is 0.775. The molecule has 0 saturated heterocycles. The average Bonchev–Trinajstić information content (AvgIpc) is 2.89. The van der Waals surface area contributed by atoms with E-state index in [2.05, 4.69) is 0 Å². The zero-order chi connectivity index (χ0) is 14.1. The first-order valence-corrected chi connectivity index (χ1v) is 7.02. The SMILES string of the molecule is CN(C(=O)c1cc2ccccc2s1)c1cccc(O)c1. The van der Waals surface area contributed by atoms with Crippen LogP contribution >= 0.6 is 11.3 Å². The lowest BCUT2D eigenvalue weighted by Gasteiger charge is -2.16. The molecule has 1 amide bonds. The molecule has 3 rings (SSSR count). The van der Waals surface area contributed by atoms with Gasteiger partial charge in [0, 0.05) is 23.5 Å². The van der Waals surface area contributed by atoms with E-state index in [4.69, 9.17) is 0 Å². The molecule has 2 aromatic carbocycles. The van der Waals surface area contributed by atoms with Crippen LogP contribution in [0.5, 0.6) is 5.75 Å². The Kier molecular flexibility index (Phi) is 3.16. The van der Waals surface area contributed by atoms with Gasteiger partial charge in [0.1, 0.15) is 5.75 Å². The van der Waals surface area contributed by atoms with Gasteiger partial charge in [-0.25, -0.2) is 0 Å². The number of rotatable bonds is 2. The summed E-state index contributed by atoms with van der Waals surface area (Å²) in [7, 11) is 1.71. The molecule has 0 aliphatic carbocycles. The summed E-state index contributed by atoms with van der Waals surface area (Å²) in [5.74, 6) is 0.0790. The van der Waals surface area contributed by atoms with E-state index in [0.29, 0.717) is 10.6 Å². The summed E-state index contributed by atoms with van der Waals surface area (Å²) in [4.78, 5) is 14.7. The highest BCUT2D eigenvalue weighted by Crippen LogP contribution is 2.28. The topological polar surface area (TPSA) is 40.5 Å². The third kappa shape index (κ3) is 2.26. The van der Waals surface area contributed by atoms with Crippen molar-refractivity contribution in [2.24, 2.45) is 0 Å². The number of thiophene rings is 1. The molecule has 0 atom stereocenters. The standard InChI is InChI=1S/C16H13NO2S/c1-17(12-6-4-7-13(18)10-12)16(19)15-9-11-5-2-3-8-14(11)20-15/h2-10,18H,1H3. The van der Waals surface area contributed by atoms with Gasteiger partial charge in [0.25, 0.3) is 5.91 Å². The van der Waals surface area contributed by atoms with Crippen LogP contribution in [0.15, 0.2) is 54.6 Å². The summed E-state index contributed by atoms with van der Waals surface area (Å²) in [6.07, 6.45) is 0. The number of nitrogens with zero attached hydrogens (tertiary/aromatic N) is 1. The molecule has 0 fully saturated rings. The molecule has 3 aromatic rings. The largest absolute Gasteiger partial charge is 0.508 e. The lowest BCUT2D eigenvalue weighted by atomic mass is 10.2. The molecular formula is C16H13NO2S. The summed E-state index contributed by atoms with van der Waals surface area (Å²) in [6.45, 7) is 0. The van der Waals surface area contributed by atoms with Gasteiger partial charge in [-0.3, -0.25) is 4.79 Å². The third-order valence-corrected chi connectivity index (χ3v) is 4.26. The van der Waals surface area contributed by atoms with Crippen molar-refractivity contribution in [3.8, 4) is 5.75 Å². The second kappa shape index (κ2) is 4.98. The number of phenolic OH excluding ortho intramolecular Hbond substituents is 1. The van der Waals surface area contributed by atoms with Gasteiger partial charge in [0.05, 0.1) is 4.88 Å². The van der Waals surface area contributed by atoms with Gasteiger partial charge in [0.15, 0.2) is 0 Å². The van der Waals surface area contributed by atoms with E-state index in [1.165, 1.54) is 11.3 Å². The summed E-state index contributed by atoms with van der Waals surface area (Å²) >= 11 is 1.48. The third-order valence-electron chi connectivity index (χ3n) is 3.16. The van der Waals surface area contributed by atoms with Crippen LogP contribution in [0.3, 0.4) is 0 Å². The van der Waals surface area contributed by atoms with Crippen LogP contribution in [-0.4, -0.2) is 18.1 Å². The number of carbonyl (C=O) groups is 1. The van der Waals surface area contributed by atoms with Gasteiger partial charge in [-0.2, -0.15) is 0 Å². The molecule has 0 aliphatic rings. The molecule has 3 nitrogen and oxygen atoms in total. The molecular weight excluding hydrogens is 270 g/mol. The number of benzene rings is 2. The smallest absolute Gasteiger partial charge is 0.268 e. The Morgan fingerprint density at radius 1 is 1.10 bits per heavy atom. The molecule has 1 aromatic heterocycles. The molecule has 1 heterocycles. The fourth-order valence-corrected chi connectivity index (χ4v) is 3.11. The van der Waals surface area contributed by atoms with Gasteiger partial charge in [-0.1, -0.05) is 24.3 Å². The number of hydrogen-bond donors (Lipinski definition) is 1. The van der Waals surface area contributed by atoms with Crippen molar-refractivity contribution in [1.82, 2.24) is 0 Å². The molecule has 0 bridgehead atoms. The van der Waals surface area contributed by atoms with Crippen LogP contribution in [0.4, 0.5) is 5.69 Å². The van der Waals surface area contributed by atoms with E-state index >= 15 is 0 Å². The van der Waals surface area contributed by atoms with Crippen molar-refractivity contribution in [3.63, 3.8) is 0 Å². The first-order chi connectivity index (χ1) is 9.65. The summed E-state index contributed by atoms with van der Waals surface area (Å²) < 4.78 is 1.10. The van der Waals surface area contributed by atoms with Crippen LogP contribution in [0.2, 0.25) is 0 Å². The van der Waals surface area contributed by atoms with Gasteiger partial charge >= 0.3 is 0 Å². The van der Waals surface area contributed by atoms with Gasteiger partial charge in [-0.15, -0.1) is 11.3 Å². The highest BCUT2D eigenvalue weighted by Gasteiger charge is 2.16. The second-order valence-electron chi connectivity index (χ2n) is 4.53. The minimum atomic E-state index is -0.0724. The molecule has 4 heteroatoms. The fraction of sp³-hybridized carbons (Fsp3) is 0.0625. The number of hydrogen-bond acceptors (Lipinski definition) is 3. The highest BCUT2D eigenvalue weighted by molar-refractivity contribution is 7.20. The van der Waals surface area contributed by atoms with Crippen LogP contribution < -0.4 is 4.90 Å². The number of anilines is 1. The van der Waals surface area contributed by atoms with E-state index in [1.807, 2.05) is 30.3 Å². The normalized spacial score (nSPS) is 10.7. The number of phenols is 1. The molecule has 0 radical (unpaired) electrons. The summed E-state index contributed by atoms with van der Waals surface area (Å²) in [5, 5.41) is 10.6. The molecule has 0 aliphatic heterocycles. The van der Waals surface area contributed by atoms with E-state index in [-0.39, 0.29) is 11.7 Å². The maximum atomic E-state index is 12.5. The number of amides is 1. The molecule has 1 N–H and O–H groups in total. The van der Waals surface area contributed by atoms with E-state index in [1.54, 1.807) is 36.2 Å². The average molecular weight is 283 g/mol. The van der Waals surface area contributed by atoms with Crippen molar-refractivity contribution < 1.29 is 9.90 Å². The second-order valence-corrected chi connectivity index (χ2v) is 5.62. The predicted molar refractivity (Wildman–Crippen MR) is 82.7 cm³/mol. The monoisotopic (exact) mass is 283 g/mol. The van der Waals surface area contributed by atoms with E-state index < -0.39 is 0 Å². The van der Waals surface area contributed by atoms with Crippen molar-refractivity contribution in [2.45, 2.75) is 0 Å². The van der Waals surface area contributed by atoms with Crippen LogP contribution in [0.1, 0.15) is 9.67 Å². The van der Waals surface area contributed by atoms with Crippen molar-refractivity contribution in [2.75, 3.05) is 11.9 Å². The molecule has 100 valence electrons. The van der Waals surface area contributed by atoms with E-state index in [9.17, 15) is 9.90 Å². The fourth-order valence-electron chi connectivity index (χ4n) is 2.07. The minimum Gasteiger partial charge on any atom is -0.508 e. The van der Waals surface area contributed by atoms with Gasteiger partial charge in [0.2, 0.25) is 0 Å². The summed E-state index contributed by atoms with van der Waals surface area (Å²) in [6, 6.07) is 16.5. The summed E-state index contributed by atoms with van der Waals surface area (Å²) in [5.41, 5.74) is 0.674. The number of aromatic hydroxyl groups is 1. The zero-order valence-electron chi connectivity index (χ0n) is 10.9. The number of fused-ring (bicyclic) bond motifs is 1. The first-order valence-electron chi connectivity index (χ1n) is 6.21. The van der Waals surface area contributed by atoms with E-state index in [0.717, 1.165) is 10.1 Å². The maximum absolute atomic E-state index is 12.5. The number of carbonyl (C=O) groups excluding carboxylic acids is 1. The molecule has 0 spiro atoms. The lowest BCUT2D eigenvalue weighted by Crippen LogP contribution is -2.25.